The summed E-state index contributed by atoms with van der Waals surface area (Å²) in [5.74, 6) is 0. The number of pyridine rings is 1. The van der Waals surface area contributed by atoms with Gasteiger partial charge in [0, 0.05) is 52.2 Å². The number of nitrogens with one attached hydrogen (secondary N) is 1. The number of nitrogens with zero attached hydrogens (tertiary/aromatic N) is 4. The molecule has 2 aromatic heterocycles. The first-order chi connectivity index (χ1) is 18.6. The van der Waals surface area contributed by atoms with Crippen molar-refractivity contribution < 1.29 is 4.92 Å². The Labute approximate surface area is 231 Å². The van der Waals surface area contributed by atoms with Crippen LogP contribution in [0.25, 0.3) is 0 Å². The molecule has 1 aliphatic heterocycles. The van der Waals surface area contributed by atoms with Crippen molar-refractivity contribution in [3.05, 3.63) is 113 Å². The molecule has 1 saturated carbocycles. The number of thiocarbonyl (C=S) groups is 1. The third-order valence-corrected chi connectivity index (χ3v) is 8.65. The summed E-state index contributed by atoms with van der Waals surface area (Å²) in [6, 6.07) is 23.6. The van der Waals surface area contributed by atoms with Crippen molar-refractivity contribution in [2.75, 3.05) is 4.90 Å². The second kappa shape index (κ2) is 10.6. The summed E-state index contributed by atoms with van der Waals surface area (Å²) < 4.78 is 2.38. The highest BCUT2D eigenvalue weighted by Gasteiger charge is 2.41. The van der Waals surface area contributed by atoms with Gasteiger partial charge in [-0.2, -0.15) is 0 Å². The first-order valence-corrected chi connectivity index (χ1v) is 14.0. The van der Waals surface area contributed by atoms with Crippen molar-refractivity contribution in [2.24, 2.45) is 0 Å². The number of non-ortho nitro benzene ring substituents is 1. The van der Waals surface area contributed by atoms with Gasteiger partial charge in [0.25, 0.3) is 5.69 Å². The molecule has 1 N–H and O–H groups in total. The summed E-state index contributed by atoms with van der Waals surface area (Å²) in [5, 5.41) is 15.2. The number of nitro benzene ring substituents is 1. The first kappa shape index (κ1) is 24.6. The minimum Gasteiger partial charge on any atom is -0.351 e. The SMILES string of the molecule is O=[N+]([O-])c1ccc(Sc2ccc(N3C(=S)NC(c4ccccn4)C3c3ccn(C4CCCC4)c3)cc2)cc1. The van der Waals surface area contributed by atoms with E-state index >= 15 is 0 Å². The van der Waals surface area contributed by atoms with Crippen LogP contribution in [0.5, 0.6) is 0 Å². The van der Waals surface area contributed by atoms with E-state index in [2.05, 4.69) is 68.6 Å². The van der Waals surface area contributed by atoms with E-state index in [4.69, 9.17) is 12.2 Å². The molecule has 0 bridgehead atoms. The van der Waals surface area contributed by atoms with Crippen LogP contribution in [0.15, 0.2) is 101 Å². The molecule has 2 atom stereocenters. The van der Waals surface area contributed by atoms with Crippen LogP contribution in [0.2, 0.25) is 0 Å². The molecule has 0 spiro atoms. The zero-order valence-corrected chi connectivity index (χ0v) is 22.3. The third-order valence-electron chi connectivity index (χ3n) is 7.32. The number of hydrogen-bond donors (Lipinski definition) is 1. The number of anilines is 1. The molecule has 3 heterocycles. The molecule has 2 fully saturated rings. The lowest BCUT2D eigenvalue weighted by Gasteiger charge is -2.27. The van der Waals surface area contributed by atoms with Gasteiger partial charge in [-0.25, -0.2) is 0 Å². The Hall–Kier alpha value is -3.69. The Balaban J connectivity index is 1.29. The summed E-state index contributed by atoms with van der Waals surface area (Å²) in [5.41, 5.74) is 3.27. The van der Waals surface area contributed by atoms with Gasteiger partial charge in [-0.3, -0.25) is 15.1 Å². The van der Waals surface area contributed by atoms with Gasteiger partial charge in [0.1, 0.15) is 0 Å². The van der Waals surface area contributed by atoms with Gasteiger partial charge >= 0.3 is 0 Å². The Bertz CT molecular complexity index is 1430. The predicted octanol–water partition coefficient (Wildman–Crippen LogP) is 7.23. The van der Waals surface area contributed by atoms with Crippen molar-refractivity contribution >= 4 is 40.5 Å². The summed E-state index contributed by atoms with van der Waals surface area (Å²) in [6.07, 6.45) is 11.4. The van der Waals surface area contributed by atoms with E-state index in [9.17, 15) is 10.1 Å². The molecule has 2 aromatic carbocycles. The highest BCUT2D eigenvalue weighted by molar-refractivity contribution is 7.99. The summed E-state index contributed by atoms with van der Waals surface area (Å²) >= 11 is 7.45. The molecule has 0 radical (unpaired) electrons. The molecule has 1 saturated heterocycles. The second-order valence-corrected chi connectivity index (χ2v) is 11.2. The van der Waals surface area contributed by atoms with Crippen molar-refractivity contribution in [1.29, 1.82) is 0 Å². The Morgan fingerprint density at radius 3 is 2.34 bits per heavy atom. The molecular weight excluding hydrogens is 514 g/mol. The van der Waals surface area contributed by atoms with E-state index in [0.29, 0.717) is 11.2 Å². The second-order valence-electron chi connectivity index (χ2n) is 9.67. The van der Waals surface area contributed by atoms with E-state index in [1.54, 1.807) is 23.9 Å². The number of nitro groups is 1. The van der Waals surface area contributed by atoms with Crippen molar-refractivity contribution in [2.45, 2.75) is 53.6 Å². The Morgan fingerprint density at radius 1 is 0.974 bits per heavy atom. The topological polar surface area (TPSA) is 76.2 Å². The van der Waals surface area contributed by atoms with Gasteiger partial charge in [-0.15, -0.1) is 0 Å². The molecule has 9 heteroatoms. The van der Waals surface area contributed by atoms with Crippen LogP contribution in [0.3, 0.4) is 0 Å². The predicted molar refractivity (Wildman–Crippen MR) is 154 cm³/mol. The average Bonchev–Trinajstić information content (AvgIpc) is 3.70. The molecule has 2 unspecified atom stereocenters. The smallest absolute Gasteiger partial charge is 0.269 e. The average molecular weight is 542 g/mol. The highest BCUT2D eigenvalue weighted by atomic mass is 32.2. The maximum absolute atomic E-state index is 10.9. The van der Waals surface area contributed by atoms with E-state index in [1.165, 1.54) is 43.4 Å². The van der Waals surface area contributed by atoms with Crippen LogP contribution in [0.1, 0.15) is 55.1 Å². The van der Waals surface area contributed by atoms with Crippen LogP contribution in [0.4, 0.5) is 11.4 Å². The highest BCUT2D eigenvalue weighted by Crippen LogP contribution is 2.43. The largest absolute Gasteiger partial charge is 0.351 e. The lowest BCUT2D eigenvalue weighted by Crippen LogP contribution is -2.29. The van der Waals surface area contributed by atoms with E-state index in [1.807, 2.05) is 18.3 Å². The van der Waals surface area contributed by atoms with Gasteiger partial charge in [0.05, 0.1) is 22.7 Å². The summed E-state index contributed by atoms with van der Waals surface area (Å²) in [6.45, 7) is 0. The van der Waals surface area contributed by atoms with Crippen LogP contribution in [0, 0.1) is 10.1 Å². The lowest BCUT2D eigenvalue weighted by molar-refractivity contribution is -0.384. The molecule has 0 amide bonds. The maximum atomic E-state index is 10.9. The van der Waals surface area contributed by atoms with Crippen molar-refractivity contribution in [3.8, 4) is 0 Å². The van der Waals surface area contributed by atoms with Gasteiger partial charge in [0.2, 0.25) is 0 Å². The molecule has 7 nitrogen and oxygen atoms in total. The van der Waals surface area contributed by atoms with Crippen LogP contribution >= 0.6 is 24.0 Å². The zero-order valence-electron chi connectivity index (χ0n) is 20.6. The first-order valence-electron chi connectivity index (χ1n) is 12.8. The van der Waals surface area contributed by atoms with Gasteiger partial charge in [-0.1, -0.05) is 30.7 Å². The monoisotopic (exact) mass is 541 g/mol. The summed E-state index contributed by atoms with van der Waals surface area (Å²) in [4.78, 5) is 19.4. The number of hydrogen-bond acceptors (Lipinski definition) is 5. The number of benzene rings is 2. The fourth-order valence-electron chi connectivity index (χ4n) is 5.45. The molecule has 2 aliphatic rings. The standard InChI is InChI=1S/C29H27N5O2S2/c35-34(36)23-10-14-25(15-11-23)38-24-12-8-22(9-13-24)33-28(20-16-18-32(19-20)21-5-1-2-6-21)27(31-29(33)37)26-7-3-4-17-30-26/h3-4,7-19,21,27-28H,1-2,5-6H2,(H,31,37). The molecular formula is C29H27N5O2S2. The molecule has 38 heavy (non-hydrogen) atoms. The number of rotatable bonds is 7. The van der Waals surface area contributed by atoms with Crippen molar-refractivity contribution in [1.82, 2.24) is 14.9 Å². The fraction of sp³-hybridized carbons (Fsp3) is 0.241. The normalized spacial score (nSPS) is 19.6. The quantitative estimate of drug-likeness (QED) is 0.150. The Morgan fingerprint density at radius 2 is 1.68 bits per heavy atom. The summed E-state index contributed by atoms with van der Waals surface area (Å²) in [7, 11) is 0. The minimum absolute atomic E-state index is 0.0340. The van der Waals surface area contributed by atoms with Gasteiger partial charge in [-0.05, 0) is 85.2 Å². The fourth-order valence-corrected chi connectivity index (χ4v) is 6.62. The molecule has 4 aromatic rings. The van der Waals surface area contributed by atoms with Crippen molar-refractivity contribution in [3.63, 3.8) is 0 Å². The van der Waals surface area contributed by atoms with Crippen LogP contribution in [-0.2, 0) is 0 Å². The van der Waals surface area contributed by atoms with Crippen LogP contribution in [-0.4, -0.2) is 19.6 Å². The Kier molecular flexibility index (Phi) is 6.86. The van der Waals surface area contributed by atoms with Crippen LogP contribution < -0.4 is 10.2 Å². The van der Waals surface area contributed by atoms with E-state index in [0.717, 1.165) is 21.2 Å². The minimum atomic E-state index is -0.382. The lowest BCUT2D eigenvalue weighted by atomic mass is 9.98. The van der Waals surface area contributed by atoms with Gasteiger partial charge < -0.3 is 14.8 Å². The molecule has 6 rings (SSSR count). The van der Waals surface area contributed by atoms with E-state index < -0.39 is 0 Å². The number of aromatic nitrogens is 2. The van der Waals surface area contributed by atoms with Gasteiger partial charge in [0.15, 0.2) is 5.11 Å². The molecule has 1 aliphatic carbocycles. The maximum Gasteiger partial charge on any atom is 0.269 e. The third kappa shape index (κ3) is 4.91. The zero-order chi connectivity index (χ0) is 26.1. The van der Waals surface area contributed by atoms with E-state index in [-0.39, 0.29) is 22.7 Å². The molecule has 192 valence electrons.